The Morgan fingerprint density at radius 3 is 2.56 bits per heavy atom. The van der Waals surface area contributed by atoms with Crippen LogP contribution in [0.4, 0.5) is 0 Å². The van der Waals surface area contributed by atoms with Crippen molar-refractivity contribution in [2.24, 2.45) is 5.73 Å². The van der Waals surface area contributed by atoms with Gasteiger partial charge in [-0.1, -0.05) is 19.8 Å². The van der Waals surface area contributed by atoms with Crippen molar-refractivity contribution in [2.45, 2.75) is 45.3 Å². The Hall–Kier alpha value is -0.930. The molecule has 90 valence electrons. The Bertz CT molecular complexity index is 275. The molecular formula is C13H22N2O. The fraction of sp³-hybridized carbons (Fsp3) is 0.615. The van der Waals surface area contributed by atoms with Crippen LogP contribution in [0.25, 0.3) is 0 Å². The summed E-state index contributed by atoms with van der Waals surface area (Å²) in [6.45, 7) is 4.94. The van der Waals surface area contributed by atoms with Crippen LogP contribution in [0.3, 0.4) is 0 Å². The van der Waals surface area contributed by atoms with Gasteiger partial charge in [-0.15, -0.1) is 0 Å². The van der Waals surface area contributed by atoms with Crippen LogP contribution in [0, 0.1) is 0 Å². The summed E-state index contributed by atoms with van der Waals surface area (Å²) in [5, 5.41) is 0. The lowest BCUT2D eigenvalue weighted by molar-refractivity contribution is 0.0359. The summed E-state index contributed by atoms with van der Waals surface area (Å²) in [5.41, 5.74) is 7.05. The maximum Gasteiger partial charge on any atom is 0.0974 e. The molecule has 0 bridgehead atoms. The normalized spacial score (nSPS) is 14.7. The highest BCUT2D eigenvalue weighted by atomic mass is 16.5. The highest BCUT2D eigenvalue weighted by Gasteiger charge is 2.16. The summed E-state index contributed by atoms with van der Waals surface area (Å²) in [7, 11) is 0. The Balaban J connectivity index is 2.49. The minimum Gasteiger partial charge on any atom is -0.372 e. The van der Waals surface area contributed by atoms with E-state index in [0.717, 1.165) is 18.6 Å². The van der Waals surface area contributed by atoms with Gasteiger partial charge in [-0.3, -0.25) is 4.98 Å². The molecule has 3 heteroatoms. The van der Waals surface area contributed by atoms with Gasteiger partial charge in [-0.05, 0) is 31.0 Å². The van der Waals surface area contributed by atoms with Crippen molar-refractivity contribution in [1.82, 2.24) is 4.98 Å². The molecule has 1 aromatic heterocycles. The maximum absolute atomic E-state index is 5.94. The Morgan fingerprint density at radius 1 is 1.31 bits per heavy atom. The molecule has 1 aromatic rings. The van der Waals surface area contributed by atoms with Crippen LogP contribution in [0.1, 0.15) is 44.8 Å². The zero-order chi connectivity index (χ0) is 11.8. The standard InChI is InChI=1S/C13H22N2O/c1-3-4-5-10-16-13(11(2)14)12-6-8-15-9-7-12/h6-9,11,13H,3-5,10,14H2,1-2H3. The third kappa shape index (κ3) is 4.29. The molecule has 0 fully saturated rings. The third-order valence-electron chi connectivity index (χ3n) is 2.56. The van der Waals surface area contributed by atoms with E-state index in [-0.39, 0.29) is 12.1 Å². The van der Waals surface area contributed by atoms with E-state index in [0.29, 0.717) is 0 Å². The molecule has 1 rings (SSSR count). The molecule has 2 N–H and O–H groups in total. The lowest BCUT2D eigenvalue weighted by Gasteiger charge is -2.21. The molecule has 0 aromatic carbocycles. The summed E-state index contributed by atoms with van der Waals surface area (Å²) in [6, 6.07) is 3.94. The molecule has 0 aliphatic rings. The molecule has 2 unspecified atom stereocenters. The number of nitrogens with zero attached hydrogens (tertiary/aromatic N) is 1. The summed E-state index contributed by atoms with van der Waals surface area (Å²) >= 11 is 0. The van der Waals surface area contributed by atoms with Crippen LogP contribution in [0.2, 0.25) is 0 Å². The molecule has 3 nitrogen and oxygen atoms in total. The van der Waals surface area contributed by atoms with E-state index >= 15 is 0 Å². The first-order valence-electron chi connectivity index (χ1n) is 6.02. The zero-order valence-electron chi connectivity index (χ0n) is 10.2. The highest BCUT2D eigenvalue weighted by molar-refractivity contribution is 5.14. The average molecular weight is 222 g/mol. The van der Waals surface area contributed by atoms with E-state index < -0.39 is 0 Å². The van der Waals surface area contributed by atoms with E-state index in [1.807, 2.05) is 19.1 Å². The van der Waals surface area contributed by atoms with Gasteiger partial charge in [-0.2, -0.15) is 0 Å². The fourth-order valence-electron chi connectivity index (χ4n) is 1.67. The van der Waals surface area contributed by atoms with Crippen LogP contribution in [0.15, 0.2) is 24.5 Å². The predicted molar refractivity (Wildman–Crippen MR) is 66.1 cm³/mol. The van der Waals surface area contributed by atoms with Gasteiger partial charge in [0.2, 0.25) is 0 Å². The zero-order valence-corrected chi connectivity index (χ0v) is 10.2. The summed E-state index contributed by atoms with van der Waals surface area (Å²) < 4.78 is 5.84. The first-order chi connectivity index (χ1) is 7.75. The Labute approximate surface area is 98.0 Å². The minimum atomic E-state index is -0.0140. The Kier molecular flexibility index (Phi) is 6.04. The lowest BCUT2D eigenvalue weighted by atomic mass is 10.1. The molecule has 0 saturated heterocycles. The van der Waals surface area contributed by atoms with Gasteiger partial charge in [0.1, 0.15) is 0 Å². The third-order valence-corrected chi connectivity index (χ3v) is 2.56. The topological polar surface area (TPSA) is 48.1 Å². The van der Waals surface area contributed by atoms with E-state index in [4.69, 9.17) is 10.5 Å². The number of nitrogens with two attached hydrogens (primary N) is 1. The number of rotatable bonds is 7. The number of pyridine rings is 1. The van der Waals surface area contributed by atoms with Crippen molar-refractivity contribution in [1.29, 1.82) is 0 Å². The molecular weight excluding hydrogens is 200 g/mol. The molecule has 16 heavy (non-hydrogen) atoms. The SMILES string of the molecule is CCCCCOC(c1ccncc1)C(C)N. The van der Waals surface area contributed by atoms with Crippen molar-refractivity contribution >= 4 is 0 Å². The molecule has 0 aliphatic carbocycles. The van der Waals surface area contributed by atoms with Crippen LogP contribution >= 0.6 is 0 Å². The number of aromatic nitrogens is 1. The van der Waals surface area contributed by atoms with E-state index in [2.05, 4.69) is 11.9 Å². The second kappa shape index (κ2) is 7.36. The highest BCUT2D eigenvalue weighted by Crippen LogP contribution is 2.19. The van der Waals surface area contributed by atoms with Gasteiger partial charge in [-0.25, -0.2) is 0 Å². The number of unbranched alkanes of at least 4 members (excludes halogenated alkanes) is 2. The van der Waals surface area contributed by atoms with Crippen molar-refractivity contribution in [3.8, 4) is 0 Å². The van der Waals surface area contributed by atoms with Crippen LogP contribution in [-0.4, -0.2) is 17.6 Å². The number of hydrogen-bond acceptors (Lipinski definition) is 3. The molecule has 0 saturated carbocycles. The number of ether oxygens (including phenoxy) is 1. The molecule has 0 spiro atoms. The molecule has 0 amide bonds. The maximum atomic E-state index is 5.94. The largest absolute Gasteiger partial charge is 0.372 e. The summed E-state index contributed by atoms with van der Waals surface area (Å²) in [5.74, 6) is 0. The fourth-order valence-corrected chi connectivity index (χ4v) is 1.67. The summed E-state index contributed by atoms with van der Waals surface area (Å²) in [4.78, 5) is 4.00. The van der Waals surface area contributed by atoms with Gasteiger partial charge in [0.05, 0.1) is 6.10 Å². The lowest BCUT2D eigenvalue weighted by Crippen LogP contribution is -2.27. The predicted octanol–water partition coefficient (Wildman–Crippen LogP) is 2.68. The molecule has 0 radical (unpaired) electrons. The van der Waals surface area contributed by atoms with Gasteiger partial charge in [0, 0.05) is 25.0 Å². The smallest absolute Gasteiger partial charge is 0.0974 e. The Morgan fingerprint density at radius 2 is 2.00 bits per heavy atom. The first kappa shape index (κ1) is 13.1. The van der Waals surface area contributed by atoms with Crippen molar-refractivity contribution < 1.29 is 4.74 Å². The monoisotopic (exact) mass is 222 g/mol. The molecule has 2 atom stereocenters. The molecule has 0 aliphatic heterocycles. The van der Waals surface area contributed by atoms with Gasteiger partial charge in [0.25, 0.3) is 0 Å². The van der Waals surface area contributed by atoms with Gasteiger partial charge in [0.15, 0.2) is 0 Å². The summed E-state index contributed by atoms with van der Waals surface area (Å²) in [6.07, 6.45) is 7.06. The molecule has 1 heterocycles. The number of hydrogen-bond donors (Lipinski definition) is 1. The van der Waals surface area contributed by atoms with E-state index in [1.165, 1.54) is 12.8 Å². The second-order valence-electron chi connectivity index (χ2n) is 4.14. The van der Waals surface area contributed by atoms with Gasteiger partial charge >= 0.3 is 0 Å². The van der Waals surface area contributed by atoms with Crippen LogP contribution in [-0.2, 0) is 4.74 Å². The van der Waals surface area contributed by atoms with Crippen molar-refractivity contribution in [2.75, 3.05) is 6.61 Å². The quantitative estimate of drug-likeness (QED) is 0.721. The van der Waals surface area contributed by atoms with Crippen LogP contribution < -0.4 is 5.73 Å². The first-order valence-corrected chi connectivity index (χ1v) is 6.02. The second-order valence-corrected chi connectivity index (χ2v) is 4.14. The average Bonchev–Trinajstić information content (AvgIpc) is 2.30. The minimum absolute atomic E-state index is 0.00373. The van der Waals surface area contributed by atoms with E-state index in [9.17, 15) is 0 Å². The van der Waals surface area contributed by atoms with E-state index in [1.54, 1.807) is 12.4 Å². The van der Waals surface area contributed by atoms with Gasteiger partial charge < -0.3 is 10.5 Å². The van der Waals surface area contributed by atoms with Crippen LogP contribution in [0.5, 0.6) is 0 Å². The van der Waals surface area contributed by atoms with Crippen molar-refractivity contribution in [3.05, 3.63) is 30.1 Å². The van der Waals surface area contributed by atoms with Crippen molar-refractivity contribution in [3.63, 3.8) is 0 Å².